The molecule has 0 aliphatic carbocycles. The second kappa shape index (κ2) is 8.43. The Balaban J connectivity index is 1.63. The van der Waals surface area contributed by atoms with Gasteiger partial charge in [0.05, 0.1) is 28.4 Å². The van der Waals surface area contributed by atoms with E-state index in [9.17, 15) is 0 Å². The van der Waals surface area contributed by atoms with Crippen molar-refractivity contribution in [3.8, 4) is 45.3 Å². The molecule has 1 heterocycles. The lowest BCUT2D eigenvalue weighted by Gasteiger charge is -2.10. The topological polar surface area (TPSA) is 52.7 Å². The van der Waals surface area contributed by atoms with Crippen LogP contribution in [0, 0.1) is 0 Å². The summed E-state index contributed by atoms with van der Waals surface area (Å²) in [4.78, 5) is 3.53. The standard InChI is InChI=1S/C28H25NO4/c1-30-25-11-7-19(15-27(25)32-3)17-5-9-23-21(13-17)22-14-18(6-10-24(22)29-23)20-8-12-26(31-2)28(16-20)33-4/h5-16,29H,1-4H3. The van der Waals surface area contributed by atoms with Gasteiger partial charge in [-0.2, -0.15) is 0 Å². The average molecular weight is 440 g/mol. The Kier molecular flexibility index (Phi) is 5.31. The number of H-pyrrole nitrogens is 1. The fourth-order valence-electron chi connectivity index (χ4n) is 4.29. The molecule has 0 atom stereocenters. The van der Waals surface area contributed by atoms with Crippen LogP contribution in [0.15, 0.2) is 72.8 Å². The van der Waals surface area contributed by atoms with Crippen LogP contribution in [0.1, 0.15) is 0 Å². The third kappa shape index (κ3) is 3.61. The highest BCUT2D eigenvalue weighted by molar-refractivity contribution is 6.09. The van der Waals surface area contributed by atoms with E-state index >= 15 is 0 Å². The van der Waals surface area contributed by atoms with Crippen molar-refractivity contribution in [2.45, 2.75) is 0 Å². The first-order chi connectivity index (χ1) is 16.1. The maximum absolute atomic E-state index is 5.49. The molecule has 0 fully saturated rings. The summed E-state index contributed by atoms with van der Waals surface area (Å²) in [7, 11) is 6.59. The number of fused-ring (bicyclic) bond motifs is 3. The van der Waals surface area contributed by atoms with Gasteiger partial charge in [-0.1, -0.05) is 24.3 Å². The van der Waals surface area contributed by atoms with E-state index in [1.54, 1.807) is 28.4 Å². The number of aromatic nitrogens is 1. The molecule has 0 aliphatic rings. The smallest absolute Gasteiger partial charge is 0.161 e. The Bertz CT molecular complexity index is 1360. The molecule has 1 N–H and O–H groups in total. The van der Waals surface area contributed by atoms with Crippen LogP contribution in [0.5, 0.6) is 23.0 Å². The second-order valence-corrected chi connectivity index (χ2v) is 7.79. The Labute approximate surface area is 192 Å². The fraction of sp³-hybridized carbons (Fsp3) is 0.143. The predicted molar refractivity (Wildman–Crippen MR) is 133 cm³/mol. The largest absolute Gasteiger partial charge is 0.493 e. The lowest BCUT2D eigenvalue weighted by molar-refractivity contribution is 0.355. The van der Waals surface area contributed by atoms with Crippen LogP contribution in [0.3, 0.4) is 0 Å². The molecule has 5 nitrogen and oxygen atoms in total. The van der Waals surface area contributed by atoms with E-state index in [-0.39, 0.29) is 0 Å². The molecule has 0 saturated carbocycles. The molecule has 0 radical (unpaired) electrons. The highest BCUT2D eigenvalue weighted by Crippen LogP contribution is 2.37. The SMILES string of the molecule is COc1ccc(-c2ccc3[nH]c4ccc(-c5ccc(OC)c(OC)c5)cc4c3c2)cc1OC. The van der Waals surface area contributed by atoms with Gasteiger partial charge in [0.15, 0.2) is 23.0 Å². The molecule has 0 unspecified atom stereocenters. The number of hydrogen-bond donors (Lipinski definition) is 1. The molecule has 0 saturated heterocycles. The van der Waals surface area contributed by atoms with E-state index in [4.69, 9.17) is 18.9 Å². The van der Waals surface area contributed by atoms with Gasteiger partial charge < -0.3 is 23.9 Å². The minimum atomic E-state index is 0.713. The molecule has 5 aromatic rings. The number of rotatable bonds is 6. The highest BCUT2D eigenvalue weighted by atomic mass is 16.5. The summed E-state index contributed by atoms with van der Waals surface area (Å²) < 4.78 is 21.7. The number of benzene rings is 4. The van der Waals surface area contributed by atoms with Crippen molar-refractivity contribution in [2.24, 2.45) is 0 Å². The Morgan fingerprint density at radius 2 is 0.788 bits per heavy atom. The number of nitrogens with one attached hydrogen (secondary N) is 1. The summed E-state index contributed by atoms with van der Waals surface area (Å²) in [5, 5.41) is 2.33. The van der Waals surface area contributed by atoms with Crippen molar-refractivity contribution in [3.05, 3.63) is 72.8 Å². The van der Waals surface area contributed by atoms with Crippen LogP contribution < -0.4 is 18.9 Å². The molecule has 1 aromatic heterocycles. The van der Waals surface area contributed by atoms with E-state index < -0.39 is 0 Å². The first-order valence-electron chi connectivity index (χ1n) is 10.7. The van der Waals surface area contributed by atoms with Crippen molar-refractivity contribution in [3.63, 3.8) is 0 Å². The average Bonchev–Trinajstić information content (AvgIpc) is 3.24. The monoisotopic (exact) mass is 439 g/mol. The van der Waals surface area contributed by atoms with Gasteiger partial charge in [0.1, 0.15) is 0 Å². The summed E-state index contributed by atoms with van der Waals surface area (Å²) in [6, 6.07) is 24.9. The number of ether oxygens (including phenoxy) is 4. The first-order valence-corrected chi connectivity index (χ1v) is 10.7. The molecule has 5 heteroatoms. The summed E-state index contributed by atoms with van der Waals surface area (Å²) in [5.74, 6) is 2.86. The van der Waals surface area contributed by atoms with Gasteiger partial charge in [0.25, 0.3) is 0 Å². The van der Waals surface area contributed by atoms with Crippen molar-refractivity contribution < 1.29 is 18.9 Å². The molecule has 0 amide bonds. The predicted octanol–water partition coefficient (Wildman–Crippen LogP) is 6.69. The van der Waals surface area contributed by atoms with Crippen LogP contribution in [-0.2, 0) is 0 Å². The Morgan fingerprint density at radius 3 is 1.18 bits per heavy atom. The van der Waals surface area contributed by atoms with Gasteiger partial charge in [-0.25, -0.2) is 0 Å². The third-order valence-electron chi connectivity index (χ3n) is 6.03. The molecule has 0 aliphatic heterocycles. The molecular formula is C28H25NO4. The van der Waals surface area contributed by atoms with Crippen LogP contribution >= 0.6 is 0 Å². The summed E-state index contributed by atoms with van der Waals surface area (Å²) in [5.41, 5.74) is 6.55. The van der Waals surface area contributed by atoms with Crippen molar-refractivity contribution in [1.29, 1.82) is 0 Å². The van der Waals surface area contributed by atoms with Crippen molar-refractivity contribution in [2.75, 3.05) is 28.4 Å². The minimum Gasteiger partial charge on any atom is -0.493 e. The van der Waals surface area contributed by atoms with E-state index in [0.29, 0.717) is 23.0 Å². The summed E-state index contributed by atoms with van der Waals surface area (Å²) in [6.45, 7) is 0. The number of hydrogen-bond acceptors (Lipinski definition) is 4. The van der Waals surface area contributed by atoms with Crippen molar-refractivity contribution in [1.82, 2.24) is 4.98 Å². The maximum Gasteiger partial charge on any atom is 0.161 e. The van der Waals surface area contributed by atoms with Gasteiger partial charge in [-0.3, -0.25) is 0 Å². The lowest BCUT2D eigenvalue weighted by Crippen LogP contribution is -1.91. The zero-order chi connectivity index (χ0) is 22.9. The molecule has 166 valence electrons. The Hall–Kier alpha value is -4.12. The fourth-order valence-corrected chi connectivity index (χ4v) is 4.29. The summed E-state index contributed by atoms with van der Waals surface area (Å²) >= 11 is 0. The zero-order valence-corrected chi connectivity index (χ0v) is 19.1. The second-order valence-electron chi connectivity index (χ2n) is 7.79. The number of methoxy groups -OCH3 is 4. The maximum atomic E-state index is 5.49. The molecular weight excluding hydrogens is 414 g/mol. The van der Waals surface area contributed by atoms with Crippen LogP contribution in [-0.4, -0.2) is 33.4 Å². The summed E-state index contributed by atoms with van der Waals surface area (Å²) in [6.07, 6.45) is 0. The molecule has 0 bridgehead atoms. The minimum absolute atomic E-state index is 0.713. The van der Waals surface area contributed by atoms with Gasteiger partial charge >= 0.3 is 0 Å². The normalized spacial score (nSPS) is 11.0. The molecule has 4 aromatic carbocycles. The van der Waals surface area contributed by atoms with E-state index in [1.807, 2.05) is 36.4 Å². The zero-order valence-electron chi connectivity index (χ0n) is 19.1. The van der Waals surface area contributed by atoms with E-state index in [1.165, 1.54) is 10.8 Å². The van der Waals surface area contributed by atoms with Crippen LogP contribution in [0.4, 0.5) is 0 Å². The first kappa shape index (κ1) is 20.8. The van der Waals surface area contributed by atoms with Gasteiger partial charge in [0.2, 0.25) is 0 Å². The van der Waals surface area contributed by atoms with E-state index in [0.717, 1.165) is 33.3 Å². The van der Waals surface area contributed by atoms with Crippen LogP contribution in [0.2, 0.25) is 0 Å². The van der Waals surface area contributed by atoms with Crippen molar-refractivity contribution >= 4 is 21.8 Å². The van der Waals surface area contributed by atoms with Gasteiger partial charge in [0, 0.05) is 21.8 Å². The Morgan fingerprint density at radius 1 is 0.424 bits per heavy atom. The molecule has 0 spiro atoms. The molecule has 5 rings (SSSR count). The van der Waals surface area contributed by atoms with Gasteiger partial charge in [-0.05, 0) is 70.8 Å². The lowest BCUT2D eigenvalue weighted by atomic mass is 10.00. The van der Waals surface area contributed by atoms with E-state index in [2.05, 4.69) is 41.4 Å². The third-order valence-corrected chi connectivity index (χ3v) is 6.03. The van der Waals surface area contributed by atoms with Gasteiger partial charge in [-0.15, -0.1) is 0 Å². The highest BCUT2D eigenvalue weighted by Gasteiger charge is 2.12. The number of aromatic amines is 1. The quantitative estimate of drug-likeness (QED) is 0.320. The molecule has 33 heavy (non-hydrogen) atoms. The van der Waals surface area contributed by atoms with Crippen LogP contribution in [0.25, 0.3) is 44.1 Å².